The Morgan fingerprint density at radius 3 is 2.46 bits per heavy atom. The van der Waals surface area contributed by atoms with E-state index in [9.17, 15) is 14.0 Å². The van der Waals surface area contributed by atoms with Crippen molar-refractivity contribution in [2.75, 3.05) is 13.7 Å². The van der Waals surface area contributed by atoms with Crippen LogP contribution in [0.3, 0.4) is 0 Å². The molecule has 6 nitrogen and oxygen atoms in total. The van der Waals surface area contributed by atoms with Crippen LogP contribution < -0.4 is 20.3 Å². The molecule has 7 heteroatoms. The molecule has 0 heterocycles. The van der Waals surface area contributed by atoms with Crippen LogP contribution in [0.5, 0.6) is 11.5 Å². The second-order valence-electron chi connectivity index (χ2n) is 5.21. The lowest BCUT2D eigenvalue weighted by atomic mass is 10.2. The van der Waals surface area contributed by atoms with Crippen LogP contribution in [0.2, 0.25) is 0 Å². The minimum absolute atomic E-state index is 0.217. The molecule has 0 aliphatic heterocycles. The minimum Gasteiger partial charge on any atom is -0.493 e. The third-order valence-corrected chi connectivity index (χ3v) is 3.33. The van der Waals surface area contributed by atoms with Gasteiger partial charge in [-0.15, -0.1) is 0 Å². The predicted molar refractivity (Wildman–Crippen MR) is 95.2 cm³/mol. The number of allylic oxidation sites excluding steroid dienone is 1. The summed E-state index contributed by atoms with van der Waals surface area (Å²) in [5.41, 5.74) is 5.61. The molecular weight excluding hydrogens is 339 g/mol. The average Bonchev–Trinajstić information content (AvgIpc) is 2.65. The van der Waals surface area contributed by atoms with Gasteiger partial charge in [0.05, 0.1) is 7.11 Å². The lowest BCUT2D eigenvalue weighted by Crippen LogP contribution is -2.43. The van der Waals surface area contributed by atoms with Crippen LogP contribution >= 0.6 is 0 Å². The van der Waals surface area contributed by atoms with E-state index in [1.54, 1.807) is 12.1 Å². The highest BCUT2D eigenvalue weighted by Crippen LogP contribution is 2.28. The highest BCUT2D eigenvalue weighted by Gasteiger charge is 2.10. The lowest BCUT2D eigenvalue weighted by molar-refractivity contribution is -0.123. The maximum atomic E-state index is 12.8. The number of hydrogen-bond acceptors (Lipinski definition) is 4. The van der Waals surface area contributed by atoms with Gasteiger partial charge in [-0.3, -0.25) is 20.4 Å². The first kappa shape index (κ1) is 19.0. The predicted octanol–water partition coefficient (Wildman–Crippen LogP) is 2.71. The maximum absolute atomic E-state index is 12.8. The molecule has 2 aromatic rings. The van der Waals surface area contributed by atoms with Crippen molar-refractivity contribution in [2.24, 2.45) is 0 Å². The number of amides is 2. The van der Waals surface area contributed by atoms with Gasteiger partial charge >= 0.3 is 0 Å². The molecule has 0 atom stereocenters. The summed E-state index contributed by atoms with van der Waals surface area (Å²) in [5.74, 6) is -0.676. The molecule has 2 N–H and O–H groups in total. The van der Waals surface area contributed by atoms with Crippen molar-refractivity contribution in [3.8, 4) is 11.5 Å². The Morgan fingerprint density at radius 1 is 1.08 bits per heavy atom. The summed E-state index contributed by atoms with van der Waals surface area (Å²) >= 11 is 0. The first-order chi connectivity index (χ1) is 12.5. The second-order valence-corrected chi connectivity index (χ2v) is 5.21. The van der Waals surface area contributed by atoms with E-state index in [1.165, 1.54) is 19.2 Å². The maximum Gasteiger partial charge on any atom is 0.276 e. The summed E-state index contributed by atoms with van der Waals surface area (Å²) in [6.45, 7) is 1.59. The Morgan fingerprint density at radius 2 is 1.81 bits per heavy atom. The van der Waals surface area contributed by atoms with E-state index in [2.05, 4.69) is 10.9 Å². The monoisotopic (exact) mass is 358 g/mol. The SMILES string of the molecule is CC=Cc1ccc(OCC(=O)NNC(=O)c2ccc(F)cc2)c(OC)c1. The molecule has 0 aromatic heterocycles. The quantitative estimate of drug-likeness (QED) is 0.779. The van der Waals surface area contributed by atoms with Gasteiger partial charge in [-0.25, -0.2) is 4.39 Å². The van der Waals surface area contributed by atoms with Crippen LogP contribution in [0.15, 0.2) is 48.5 Å². The summed E-state index contributed by atoms with van der Waals surface area (Å²) in [5, 5.41) is 0. The van der Waals surface area contributed by atoms with E-state index in [-0.39, 0.29) is 12.2 Å². The van der Waals surface area contributed by atoms with Crippen molar-refractivity contribution in [3.63, 3.8) is 0 Å². The lowest BCUT2D eigenvalue weighted by Gasteiger charge is -2.12. The van der Waals surface area contributed by atoms with Gasteiger partial charge in [-0.2, -0.15) is 0 Å². The van der Waals surface area contributed by atoms with Crippen LogP contribution in [0.25, 0.3) is 6.08 Å². The van der Waals surface area contributed by atoms with Crippen LogP contribution in [-0.4, -0.2) is 25.5 Å². The normalized spacial score (nSPS) is 10.4. The number of benzene rings is 2. The van der Waals surface area contributed by atoms with Crippen molar-refractivity contribution in [3.05, 3.63) is 65.5 Å². The number of hydrazine groups is 1. The molecule has 2 rings (SSSR count). The van der Waals surface area contributed by atoms with Gasteiger partial charge in [0.25, 0.3) is 11.8 Å². The smallest absolute Gasteiger partial charge is 0.276 e. The van der Waals surface area contributed by atoms with E-state index in [0.29, 0.717) is 11.5 Å². The third-order valence-electron chi connectivity index (χ3n) is 3.33. The van der Waals surface area contributed by atoms with E-state index in [0.717, 1.165) is 17.7 Å². The van der Waals surface area contributed by atoms with Crippen molar-refractivity contribution < 1.29 is 23.5 Å². The van der Waals surface area contributed by atoms with Crippen molar-refractivity contribution in [1.82, 2.24) is 10.9 Å². The molecule has 0 aliphatic rings. The molecule has 26 heavy (non-hydrogen) atoms. The van der Waals surface area contributed by atoms with Crippen LogP contribution in [0, 0.1) is 5.82 Å². The molecule has 0 saturated heterocycles. The highest BCUT2D eigenvalue weighted by atomic mass is 19.1. The molecule has 0 radical (unpaired) electrons. The standard InChI is InChI=1S/C19H19FN2O4/c1-3-4-13-5-10-16(17(11-13)25-2)26-12-18(23)21-22-19(24)14-6-8-15(20)9-7-14/h3-11H,12H2,1-2H3,(H,21,23)(H,22,24). The molecule has 0 spiro atoms. The fourth-order valence-electron chi connectivity index (χ4n) is 2.08. The fourth-order valence-corrected chi connectivity index (χ4v) is 2.08. The van der Waals surface area contributed by atoms with Gasteiger partial charge in [0.2, 0.25) is 0 Å². The first-order valence-electron chi connectivity index (χ1n) is 7.81. The van der Waals surface area contributed by atoms with Crippen LogP contribution in [0.4, 0.5) is 4.39 Å². The zero-order valence-electron chi connectivity index (χ0n) is 14.4. The van der Waals surface area contributed by atoms with E-state index < -0.39 is 17.6 Å². The molecule has 2 amide bonds. The van der Waals surface area contributed by atoms with Crippen LogP contribution in [-0.2, 0) is 4.79 Å². The number of methoxy groups -OCH3 is 1. The Balaban J connectivity index is 1.86. The van der Waals surface area contributed by atoms with Gasteiger partial charge in [0.15, 0.2) is 18.1 Å². The topological polar surface area (TPSA) is 76.7 Å². The largest absolute Gasteiger partial charge is 0.493 e. The molecule has 0 aliphatic carbocycles. The van der Waals surface area contributed by atoms with Gasteiger partial charge in [0.1, 0.15) is 5.82 Å². The van der Waals surface area contributed by atoms with Gasteiger partial charge in [-0.05, 0) is 48.9 Å². The Bertz CT molecular complexity index is 804. The highest BCUT2D eigenvalue weighted by molar-refractivity contribution is 5.95. The second kappa shape index (κ2) is 9.22. The summed E-state index contributed by atoms with van der Waals surface area (Å²) in [7, 11) is 1.50. The number of carbonyl (C=O) groups excluding carboxylic acids is 2. The molecule has 0 unspecified atom stereocenters. The van der Waals surface area contributed by atoms with Gasteiger partial charge in [0, 0.05) is 5.56 Å². The van der Waals surface area contributed by atoms with E-state index >= 15 is 0 Å². The Labute approximate surface area is 150 Å². The van der Waals surface area contributed by atoms with Crippen LogP contribution in [0.1, 0.15) is 22.8 Å². The molecule has 0 saturated carbocycles. The third kappa shape index (κ3) is 5.34. The van der Waals surface area contributed by atoms with E-state index in [4.69, 9.17) is 9.47 Å². The molecule has 0 fully saturated rings. The number of nitrogens with one attached hydrogen (secondary N) is 2. The number of rotatable bonds is 6. The summed E-state index contributed by atoms with van der Waals surface area (Å²) in [4.78, 5) is 23.6. The molecule has 0 bridgehead atoms. The fraction of sp³-hybridized carbons (Fsp3) is 0.158. The number of hydrogen-bond donors (Lipinski definition) is 2. The summed E-state index contributed by atoms with van der Waals surface area (Å²) in [6, 6.07) is 10.2. The molecule has 136 valence electrons. The number of ether oxygens (including phenoxy) is 2. The van der Waals surface area contributed by atoms with Gasteiger partial charge in [-0.1, -0.05) is 18.2 Å². The Hall–Kier alpha value is -3.35. The molecule has 2 aromatic carbocycles. The van der Waals surface area contributed by atoms with Crippen molar-refractivity contribution in [2.45, 2.75) is 6.92 Å². The van der Waals surface area contributed by atoms with Gasteiger partial charge < -0.3 is 9.47 Å². The zero-order chi connectivity index (χ0) is 18.9. The Kier molecular flexibility index (Phi) is 6.73. The minimum atomic E-state index is -0.563. The summed E-state index contributed by atoms with van der Waals surface area (Å²) in [6.07, 6.45) is 3.80. The van der Waals surface area contributed by atoms with Crippen molar-refractivity contribution >= 4 is 17.9 Å². The number of carbonyl (C=O) groups is 2. The average molecular weight is 358 g/mol. The van der Waals surface area contributed by atoms with Crippen molar-refractivity contribution in [1.29, 1.82) is 0 Å². The first-order valence-corrected chi connectivity index (χ1v) is 7.81. The summed E-state index contributed by atoms with van der Waals surface area (Å²) < 4.78 is 23.5. The molecular formula is C19H19FN2O4. The van der Waals surface area contributed by atoms with E-state index in [1.807, 2.05) is 25.1 Å². The number of halogens is 1. The zero-order valence-corrected chi connectivity index (χ0v) is 14.4.